The summed E-state index contributed by atoms with van der Waals surface area (Å²) in [4.78, 5) is 27.2. The molecule has 1 fully saturated rings. The molecule has 1 aliphatic heterocycles. The quantitative estimate of drug-likeness (QED) is 0.371. The maximum absolute atomic E-state index is 13.3. The van der Waals surface area contributed by atoms with Crippen molar-refractivity contribution in [3.63, 3.8) is 0 Å². The Hall–Kier alpha value is -3.30. The van der Waals surface area contributed by atoms with Gasteiger partial charge in [-0.1, -0.05) is 11.6 Å². The van der Waals surface area contributed by atoms with Crippen LogP contribution < -0.4 is 29.2 Å². The van der Waals surface area contributed by atoms with Crippen molar-refractivity contribution in [2.24, 2.45) is 0 Å². The molecule has 168 valence electrons. The van der Waals surface area contributed by atoms with Gasteiger partial charge in [0.15, 0.2) is 16.6 Å². The number of rotatable bonds is 7. The lowest BCUT2D eigenvalue weighted by Gasteiger charge is -2.30. The van der Waals surface area contributed by atoms with E-state index in [2.05, 4.69) is 5.32 Å². The number of thiocarbonyl (C=S) groups is 1. The molecule has 0 aromatic heterocycles. The molecule has 1 saturated heterocycles. The average molecular weight is 477 g/mol. The summed E-state index contributed by atoms with van der Waals surface area (Å²) in [6, 6.07) is 8.04. The number of benzene rings is 2. The first-order chi connectivity index (χ1) is 15.3. The largest absolute Gasteiger partial charge is 0.497 e. The second kappa shape index (κ2) is 9.88. The van der Waals surface area contributed by atoms with E-state index in [4.69, 9.17) is 42.8 Å². The van der Waals surface area contributed by atoms with Gasteiger partial charge < -0.3 is 18.9 Å². The molecule has 2 aromatic rings. The number of ether oxygens (including phenoxy) is 4. The van der Waals surface area contributed by atoms with Gasteiger partial charge >= 0.3 is 0 Å². The summed E-state index contributed by atoms with van der Waals surface area (Å²) in [6.07, 6.45) is 1.38. The highest BCUT2D eigenvalue weighted by Gasteiger charge is 2.36. The van der Waals surface area contributed by atoms with Gasteiger partial charge in [0.2, 0.25) is 0 Å². The maximum atomic E-state index is 13.3. The number of anilines is 1. The normalized spacial score (nSPS) is 15.0. The van der Waals surface area contributed by atoms with Gasteiger partial charge in [-0.15, -0.1) is 0 Å². The zero-order valence-electron chi connectivity index (χ0n) is 17.9. The first kappa shape index (κ1) is 23.4. The fraction of sp³-hybridized carbons (Fsp3) is 0.227. The van der Waals surface area contributed by atoms with Crippen LogP contribution in [0.4, 0.5) is 5.69 Å². The van der Waals surface area contributed by atoms with Gasteiger partial charge in [-0.25, -0.2) is 4.90 Å². The van der Waals surface area contributed by atoms with Crippen LogP contribution in [0, 0.1) is 0 Å². The van der Waals surface area contributed by atoms with Crippen molar-refractivity contribution in [3.8, 4) is 23.0 Å². The van der Waals surface area contributed by atoms with Crippen LogP contribution in [-0.2, 0) is 9.59 Å². The number of nitrogens with one attached hydrogen (secondary N) is 1. The molecule has 1 aliphatic rings. The van der Waals surface area contributed by atoms with Crippen molar-refractivity contribution in [1.82, 2.24) is 5.32 Å². The van der Waals surface area contributed by atoms with Crippen LogP contribution in [0.1, 0.15) is 12.5 Å². The molecule has 0 aliphatic carbocycles. The van der Waals surface area contributed by atoms with Crippen LogP contribution in [0.2, 0.25) is 5.02 Å². The number of halogens is 1. The molecule has 1 N–H and O–H groups in total. The molecule has 32 heavy (non-hydrogen) atoms. The molecule has 0 saturated carbocycles. The van der Waals surface area contributed by atoms with Crippen LogP contribution in [0.5, 0.6) is 23.0 Å². The molecule has 2 aromatic carbocycles. The van der Waals surface area contributed by atoms with E-state index in [-0.39, 0.29) is 15.7 Å². The number of nitrogens with zero attached hydrogens (tertiary/aromatic N) is 1. The lowest BCUT2D eigenvalue weighted by molar-refractivity contribution is -0.122. The van der Waals surface area contributed by atoms with Gasteiger partial charge in [0.05, 0.1) is 38.6 Å². The third kappa shape index (κ3) is 4.49. The predicted octanol–water partition coefficient (Wildman–Crippen LogP) is 3.60. The smallest absolute Gasteiger partial charge is 0.270 e. The molecule has 0 radical (unpaired) electrons. The SMILES string of the molecule is CCOc1cc(/C=C2\C(=O)NC(=S)N(c3ccc(OC)cc3OC)C2=O)c(Cl)cc1OC. The van der Waals surface area contributed by atoms with Crippen molar-refractivity contribution < 1.29 is 28.5 Å². The summed E-state index contributed by atoms with van der Waals surface area (Å²) in [6.45, 7) is 2.22. The molecule has 10 heteroatoms. The molecule has 3 rings (SSSR count). The Kier molecular flexibility index (Phi) is 7.22. The van der Waals surface area contributed by atoms with Crippen molar-refractivity contribution in [3.05, 3.63) is 46.5 Å². The number of hydrogen-bond acceptors (Lipinski definition) is 7. The van der Waals surface area contributed by atoms with E-state index in [9.17, 15) is 9.59 Å². The Bertz CT molecular complexity index is 1120. The summed E-state index contributed by atoms with van der Waals surface area (Å²) in [5.74, 6) is 0.467. The molecule has 8 nitrogen and oxygen atoms in total. The van der Waals surface area contributed by atoms with Crippen molar-refractivity contribution in [2.45, 2.75) is 6.92 Å². The van der Waals surface area contributed by atoms with Crippen molar-refractivity contribution >= 4 is 52.5 Å². The lowest BCUT2D eigenvalue weighted by Crippen LogP contribution is -2.54. The minimum atomic E-state index is -0.645. The van der Waals surface area contributed by atoms with Crippen LogP contribution in [0.3, 0.4) is 0 Å². The molecule has 1 heterocycles. The third-order valence-corrected chi connectivity index (χ3v) is 5.22. The second-order valence-electron chi connectivity index (χ2n) is 6.45. The van der Waals surface area contributed by atoms with E-state index >= 15 is 0 Å². The van der Waals surface area contributed by atoms with Gasteiger partial charge in [0, 0.05) is 12.1 Å². The minimum absolute atomic E-state index is 0.0727. The van der Waals surface area contributed by atoms with Crippen LogP contribution in [-0.4, -0.2) is 44.9 Å². The zero-order valence-corrected chi connectivity index (χ0v) is 19.4. The van der Waals surface area contributed by atoms with Crippen molar-refractivity contribution in [1.29, 1.82) is 0 Å². The van der Waals surface area contributed by atoms with Gasteiger partial charge in [-0.3, -0.25) is 14.9 Å². The summed E-state index contributed by atoms with van der Waals surface area (Å²) < 4.78 is 21.4. The monoisotopic (exact) mass is 476 g/mol. The van der Waals surface area contributed by atoms with Crippen LogP contribution in [0.15, 0.2) is 35.9 Å². The Morgan fingerprint density at radius 3 is 2.38 bits per heavy atom. The van der Waals surface area contributed by atoms with Crippen LogP contribution in [0.25, 0.3) is 6.08 Å². The highest BCUT2D eigenvalue weighted by Crippen LogP contribution is 2.37. The van der Waals surface area contributed by atoms with E-state index < -0.39 is 11.8 Å². The average Bonchev–Trinajstić information content (AvgIpc) is 2.78. The van der Waals surface area contributed by atoms with Gasteiger partial charge in [0.25, 0.3) is 11.8 Å². The fourth-order valence-electron chi connectivity index (χ4n) is 3.09. The molecule has 2 amide bonds. The highest BCUT2D eigenvalue weighted by molar-refractivity contribution is 7.80. The standard InChI is InChI=1S/C22H21ClN2O6S/c1-5-31-19-9-12(15(23)11-18(19)30-4)8-14-20(26)24-22(32)25(21(14)27)16-7-6-13(28-2)10-17(16)29-3/h6-11H,5H2,1-4H3,(H,24,26,32)/b14-8+. The molecule has 0 unspecified atom stereocenters. The van der Waals surface area contributed by atoms with E-state index in [1.54, 1.807) is 30.3 Å². The number of hydrogen-bond donors (Lipinski definition) is 1. The number of amides is 2. The molecular weight excluding hydrogens is 456 g/mol. The second-order valence-corrected chi connectivity index (χ2v) is 7.25. The predicted molar refractivity (Wildman–Crippen MR) is 125 cm³/mol. The summed E-state index contributed by atoms with van der Waals surface area (Å²) in [5.41, 5.74) is 0.597. The summed E-state index contributed by atoms with van der Waals surface area (Å²) >= 11 is 11.6. The van der Waals surface area contributed by atoms with E-state index in [1.165, 1.54) is 32.3 Å². The topological polar surface area (TPSA) is 86.3 Å². The van der Waals surface area contributed by atoms with E-state index in [1.807, 2.05) is 6.92 Å². The molecular formula is C22H21ClN2O6S. The fourth-order valence-corrected chi connectivity index (χ4v) is 3.57. The van der Waals surface area contributed by atoms with Gasteiger partial charge in [-0.2, -0.15) is 0 Å². The zero-order chi connectivity index (χ0) is 23.4. The highest BCUT2D eigenvalue weighted by atomic mass is 35.5. The maximum Gasteiger partial charge on any atom is 0.270 e. The van der Waals surface area contributed by atoms with Gasteiger partial charge in [0.1, 0.15) is 17.1 Å². The number of methoxy groups -OCH3 is 3. The van der Waals surface area contributed by atoms with Crippen molar-refractivity contribution in [2.75, 3.05) is 32.8 Å². The van der Waals surface area contributed by atoms with E-state index in [0.717, 1.165) is 0 Å². The molecule has 0 bridgehead atoms. The Labute approximate surface area is 195 Å². The third-order valence-electron chi connectivity index (χ3n) is 4.61. The Morgan fingerprint density at radius 1 is 1.03 bits per heavy atom. The molecule has 0 spiro atoms. The molecule has 0 atom stereocenters. The first-order valence-corrected chi connectivity index (χ1v) is 10.3. The van der Waals surface area contributed by atoms with Gasteiger partial charge in [-0.05, 0) is 49.0 Å². The Morgan fingerprint density at radius 2 is 1.75 bits per heavy atom. The first-order valence-electron chi connectivity index (χ1n) is 9.48. The minimum Gasteiger partial charge on any atom is -0.497 e. The summed E-state index contributed by atoms with van der Waals surface area (Å²) in [7, 11) is 4.46. The number of carbonyl (C=O) groups excluding carboxylic acids is 2. The Balaban J connectivity index is 2.08. The number of carbonyl (C=O) groups is 2. The summed E-state index contributed by atoms with van der Waals surface area (Å²) in [5, 5.41) is 2.74. The van der Waals surface area contributed by atoms with E-state index in [0.29, 0.717) is 40.9 Å². The lowest BCUT2D eigenvalue weighted by atomic mass is 10.1. The van der Waals surface area contributed by atoms with Crippen LogP contribution >= 0.6 is 23.8 Å².